The number of aromatic nitrogens is 3. The monoisotopic (exact) mass is 438 g/mol. The van der Waals surface area contributed by atoms with Gasteiger partial charge in [-0.1, -0.05) is 11.2 Å². The third-order valence-corrected chi connectivity index (χ3v) is 6.81. The van der Waals surface area contributed by atoms with Gasteiger partial charge in [0.1, 0.15) is 18.2 Å². The average Bonchev–Trinajstić information content (AvgIpc) is 3.26. The summed E-state index contributed by atoms with van der Waals surface area (Å²) >= 11 is 0. The Morgan fingerprint density at radius 2 is 1.97 bits per heavy atom. The van der Waals surface area contributed by atoms with Crippen LogP contribution < -0.4 is 5.32 Å². The summed E-state index contributed by atoms with van der Waals surface area (Å²) in [5.41, 5.74) is 4.94. The molecule has 0 bridgehead atoms. The SMILES string of the molecule is COC1CCC(n2c([C@@H]3CCOCC(=O)N3)nc3cc(-c4c(C)noc4C)ccc32)CC1. The van der Waals surface area contributed by atoms with Gasteiger partial charge in [-0.3, -0.25) is 4.79 Å². The molecule has 2 fully saturated rings. The number of carbonyl (C=O) groups excluding carboxylic acids is 1. The van der Waals surface area contributed by atoms with Crippen LogP contribution in [0.25, 0.3) is 22.2 Å². The van der Waals surface area contributed by atoms with Gasteiger partial charge < -0.3 is 23.9 Å². The Kier molecular flexibility index (Phi) is 5.73. The first-order chi connectivity index (χ1) is 15.5. The number of fused-ring (bicyclic) bond motifs is 1. The fourth-order valence-electron chi connectivity index (χ4n) is 5.20. The number of carbonyl (C=O) groups is 1. The Morgan fingerprint density at radius 3 is 2.69 bits per heavy atom. The molecule has 170 valence electrons. The van der Waals surface area contributed by atoms with Gasteiger partial charge in [0.2, 0.25) is 5.91 Å². The van der Waals surface area contributed by atoms with Crippen LogP contribution in [0.2, 0.25) is 0 Å². The van der Waals surface area contributed by atoms with E-state index in [1.54, 1.807) is 7.11 Å². The molecule has 8 nitrogen and oxygen atoms in total. The van der Waals surface area contributed by atoms with Crippen LogP contribution in [0, 0.1) is 13.8 Å². The molecule has 8 heteroatoms. The van der Waals surface area contributed by atoms with E-state index in [4.69, 9.17) is 19.0 Å². The van der Waals surface area contributed by atoms with Gasteiger partial charge in [-0.05, 0) is 63.6 Å². The zero-order valence-corrected chi connectivity index (χ0v) is 18.9. The predicted molar refractivity (Wildman–Crippen MR) is 119 cm³/mol. The van der Waals surface area contributed by atoms with Crippen molar-refractivity contribution in [3.05, 3.63) is 35.5 Å². The van der Waals surface area contributed by atoms with Crippen molar-refractivity contribution in [3.63, 3.8) is 0 Å². The number of rotatable bonds is 4. The third-order valence-electron chi connectivity index (χ3n) is 6.81. The molecular weight excluding hydrogens is 408 g/mol. The van der Waals surface area contributed by atoms with Crippen LogP contribution in [-0.2, 0) is 14.3 Å². The summed E-state index contributed by atoms with van der Waals surface area (Å²) in [4.78, 5) is 17.3. The fraction of sp³-hybridized carbons (Fsp3) is 0.542. The Morgan fingerprint density at radius 1 is 1.16 bits per heavy atom. The molecule has 1 aromatic carbocycles. The lowest BCUT2D eigenvalue weighted by molar-refractivity contribution is -0.124. The van der Waals surface area contributed by atoms with Crippen LogP contribution >= 0.6 is 0 Å². The van der Waals surface area contributed by atoms with E-state index in [0.717, 1.165) is 65.1 Å². The Hall–Kier alpha value is -2.71. The van der Waals surface area contributed by atoms with E-state index in [9.17, 15) is 4.79 Å². The summed E-state index contributed by atoms with van der Waals surface area (Å²) in [6.45, 7) is 4.52. The molecule has 1 atom stereocenters. The van der Waals surface area contributed by atoms with Crippen molar-refractivity contribution in [2.45, 2.75) is 64.1 Å². The number of hydrogen-bond acceptors (Lipinski definition) is 6. The van der Waals surface area contributed by atoms with Gasteiger partial charge in [0.05, 0.1) is 28.9 Å². The molecule has 1 N–H and O–H groups in total. The highest BCUT2D eigenvalue weighted by atomic mass is 16.5. The standard InChI is InChI=1S/C24H30N4O4/c1-14-23(15(2)32-27-14)16-4-9-21-20(12-16)26-24(19-10-11-31-13-22(29)25-19)28(21)17-5-7-18(30-3)8-6-17/h4,9,12,17-19H,5-8,10-11,13H2,1-3H3,(H,25,29)/t17?,18?,19-/m0/s1. The molecule has 0 radical (unpaired) electrons. The number of benzene rings is 1. The van der Waals surface area contributed by atoms with Crippen LogP contribution in [0.5, 0.6) is 0 Å². The number of methoxy groups -OCH3 is 1. The van der Waals surface area contributed by atoms with E-state index < -0.39 is 0 Å². The number of aryl methyl sites for hydroxylation is 2. The average molecular weight is 439 g/mol. The lowest BCUT2D eigenvalue weighted by Crippen LogP contribution is -2.32. The Bertz CT molecular complexity index is 1110. The van der Waals surface area contributed by atoms with Gasteiger partial charge >= 0.3 is 0 Å². The van der Waals surface area contributed by atoms with E-state index in [1.807, 2.05) is 13.8 Å². The maximum atomic E-state index is 12.2. The van der Waals surface area contributed by atoms with E-state index in [-0.39, 0.29) is 18.6 Å². The van der Waals surface area contributed by atoms with Gasteiger partial charge in [-0.15, -0.1) is 0 Å². The van der Waals surface area contributed by atoms with Crippen molar-refractivity contribution < 1.29 is 18.8 Å². The zero-order chi connectivity index (χ0) is 22.2. The number of ether oxygens (including phenoxy) is 2. The van der Waals surface area contributed by atoms with Gasteiger partial charge in [0.15, 0.2) is 0 Å². The molecule has 3 aromatic rings. The molecule has 0 unspecified atom stereocenters. The summed E-state index contributed by atoms with van der Waals surface area (Å²) in [7, 11) is 1.79. The molecule has 1 aliphatic carbocycles. The normalized spacial score (nSPS) is 24.5. The van der Waals surface area contributed by atoms with Gasteiger partial charge in [0, 0.05) is 25.3 Å². The maximum Gasteiger partial charge on any atom is 0.246 e. The highest BCUT2D eigenvalue weighted by Gasteiger charge is 2.30. The molecular formula is C24H30N4O4. The highest BCUT2D eigenvalue weighted by Crippen LogP contribution is 2.37. The molecule has 1 amide bonds. The minimum atomic E-state index is -0.167. The van der Waals surface area contributed by atoms with E-state index >= 15 is 0 Å². The molecule has 1 saturated carbocycles. The van der Waals surface area contributed by atoms with Gasteiger partial charge in [-0.25, -0.2) is 4.98 Å². The van der Waals surface area contributed by atoms with Gasteiger partial charge in [0.25, 0.3) is 0 Å². The molecule has 0 spiro atoms. The summed E-state index contributed by atoms with van der Waals surface area (Å²) in [5, 5.41) is 7.22. The first-order valence-electron chi connectivity index (χ1n) is 11.4. The molecule has 3 heterocycles. The number of hydrogen-bond donors (Lipinski definition) is 1. The molecule has 1 saturated heterocycles. The van der Waals surface area contributed by atoms with E-state index in [1.165, 1.54) is 0 Å². The summed E-state index contributed by atoms with van der Waals surface area (Å²) in [6.07, 6.45) is 5.13. The first kappa shape index (κ1) is 21.2. The van der Waals surface area contributed by atoms with Gasteiger partial charge in [-0.2, -0.15) is 0 Å². The van der Waals surface area contributed by atoms with Crippen molar-refractivity contribution in [2.24, 2.45) is 0 Å². The van der Waals surface area contributed by atoms with Crippen LogP contribution in [0.1, 0.15) is 61.5 Å². The van der Waals surface area contributed by atoms with Crippen molar-refractivity contribution in [1.82, 2.24) is 20.0 Å². The fourth-order valence-corrected chi connectivity index (χ4v) is 5.20. The molecule has 2 aromatic heterocycles. The number of amides is 1. The summed E-state index contributed by atoms with van der Waals surface area (Å²) in [5.74, 6) is 1.62. The molecule has 32 heavy (non-hydrogen) atoms. The second-order valence-electron chi connectivity index (χ2n) is 8.87. The van der Waals surface area contributed by atoms with Crippen LogP contribution in [0.3, 0.4) is 0 Å². The molecule has 1 aliphatic heterocycles. The second kappa shape index (κ2) is 8.67. The lowest BCUT2D eigenvalue weighted by atomic mass is 9.92. The maximum absolute atomic E-state index is 12.2. The van der Waals surface area contributed by atoms with Crippen molar-refractivity contribution >= 4 is 16.9 Å². The number of nitrogens with zero attached hydrogens (tertiary/aromatic N) is 3. The Labute approximate surface area is 187 Å². The largest absolute Gasteiger partial charge is 0.381 e. The number of nitrogens with one attached hydrogen (secondary N) is 1. The lowest BCUT2D eigenvalue weighted by Gasteiger charge is -2.31. The quantitative estimate of drug-likeness (QED) is 0.662. The van der Waals surface area contributed by atoms with Crippen LogP contribution in [-0.4, -0.2) is 47.0 Å². The van der Waals surface area contributed by atoms with Crippen molar-refractivity contribution in [3.8, 4) is 11.1 Å². The van der Waals surface area contributed by atoms with Crippen molar-refractivity contribution in [2.75, 3.05) is 20.3 Å². The Balaban J connectivity index is 1.60. The molecule has 5 rings (SSSR count). The third kappa shape index (κ3) is 3.82. The minimum Gasteiger partial charge on any atom is -0.381 e. The highest BCUT2D eigenvalue weighted by molar-refractivity contribution is 5.84. The van der Waals surface area contributed by atoms with E-state index in [2.05, 4.69) is 33.2 Å². The van der Waals surface area contributed by atoms with Crippen LogP contribution in [0.4, 0.5) is 0 Å². The van der Waals surface area contributed by atoms with Crippen molar-refractivity contribution in [1.29, 1.82) is 0 Å². The molecule has 2 aliphatic rings. The predicted octanol–water partition coefficient (Wildman–Crippen LogP) is 4.02. The second-order valence-corrected chi connectivity index (χ2v) is 8.87. The van der Waals surface area contributed by atoms with E-state index in [0.29, 0.717) is 25.2 Å². The summed E-state index contributed by atoms with van der Waals surface area (Å²) in [6, 6.07) is 6.53. The zero-order valence-electron chi connectivity index (χ0n) is 18.9. The number of imidazole rings is 1. The minimum absolute atomic E-state index is 0.0920. The van der Waals surface area contributed by atoms with Crippen LogP contribution in [0.15, 0.2) is 22.7 Å². The smallest absolute Gasteiger partial charge is 0.246 e. The topological polar surface area (TPSA) is 91.4 Å². The summed E-state index contributed by atoms with van der Waals surface area (Å²) < 4.78 is 18.8. The first-order valence-corrected chi connectivity index (χ1v) is 11.4.